The Balaban J connectivity index is 1.32. The topological polar surface area (TPSA) is 26.0 Å². The number of benzene rings is 7. The number of pyridine rings is 1. The van der Waals surface area contributed by atoms with Crippen molar-refractivity contribution in [2.45, 2.75) is 0 Å². The molecule has 0 fully saturated rings. The Morgan fingerprint density at radius 3 is 1.65 bits per heavy atom. The molecule has 0 spiro atoms. The smallest absolute Gasteiger partial charge is 0.0644 e. The molecular formula is C47H32N4. The molecule has 3 heterocycles. The Labute approximate surface area is 295 Å². The monoisotopic (exact) mass is 652 g/mol. The number of hydrogen-bond donors (Lipinski definition) is 0. The first-order valence-corrected chi connectivity index (χ1v) is 17.3. The minimum atomic E-state index is 0.993. The number of fused-ring (bicyclic) bond motifs is 6. The van der Waals surface area contributed by atoms with Gasteiger partial charge in [0.25, 0.3) is 0 Å². The zero-order chi connectivity index (χ0) is 33.7. The van der Waals surface area contributed by atoms with E-state index >= 15 is 0 Å². The summed E-state index contributed by atoms with van der Waals surface area (Å²) in [7, 11) is 0. The highest BCUT2D eigenvalue weighted by molar-refractivity contribution is 6.16. The van der Waals surface area contributed by atoms with Gasteiger partial charge in [0.15, 0.2) is 0 Å². The normalized spacial score (nSPS) is 11.5. The van der Waals surface area contributed by atoms with Crippen molar-refractivity contribution >= 4 is 60.7 Å². The SMILES string of the molecule is c1ccc(N(c2cccnc2)c2cc(-c3cccc4c3c3ccccc3n4-c3ccccc3)cc(-n3c4ccccc4c4ccccc43)c2)cc1. The minimum absolute atomic E-state index is 0.993. The maximum atomic E-state index is 4.55. The van der Waals surface area contributed by atoms with E-state index in [1.54, 1.807) is 0 Å². The molecule has 240 valence electrons. The molecule has 0 amide bonds. The Morgan fingerprint density at radius 2 is 0.961 bits per heavy atom. The van der Waals surface area contributed by atoms with Crippen molar-refractivity contribution in [1.29, 1.82) is 0 Å². The third-order valence-corrected chi connectivity index (χ3v) is 9.94. The summed E-state index contributed by atoms with van der Waals surface area (Å²) in [6.07, 6.45) is 3.77. The van der Waals surface area contributed by atoms with Crippen LogP contribution in [0.2, 0.25) is 0 Å². The van der Waals surface area contributed by atoms with Gasteiger partial charge in [-0.1, -0.05) is 103 Å². The lowest BCUT2D eigenvalue weighted by Crippen LogP contribution is -2.11. The largest absolute Gasteiger partial charge is 0.309 e. The standard InChI is InChI=1S/C47H32N4/c1-3-15-34(16-4-1)49(36-19-14-28-48-32-36)37-29-33(30-38(31-37)51-43-24-10-7-20-40(43)41-21-8-11-25-44(41)51)39-23-13-27-46-47(39)42-22-9-12-26-45(42)50(46)35-17-5-2-6-18-35/h1-32H. The fraction of sp³-hybridized carbons (Fsp3) is 0. The number of anilines is 3. The predicted octanol–water partition coefficient (Wildman–Crippen LogP) is 12.4. The molecule has 10 aromatic rings. The van der Waals surface area contributed by atoms with Crippen LogP contribution in [0.5, 0.6) is 0 Å². The molecule has 0 aliphatic carbocycles. The molecule has 4 nitrogen and oxygen atoms in total. The van der Waals surface area contributed by atoms with Crippen molar-refractivity contribution < 1.29 is 0 Å². The second-order valence-corrected chi connectivity index (χ2v) is 12.9. The van der Waals surface area contributed by atoms with Gasteiger partial charge in [-0.2, -0.15) is 0 Å². The van der Waals surface area contributed by atoms with Crippen molar-refractivity contribution in [3.05, 3.63) is 194 Å². The van der Waals surface area contributed by atoms with E-state index in [1.165, 1.54) is 49.2 Å². The van der Waals surface area contributed by atoms with Gasteiger partial charge in [-0.15, -0.1) is 0 Å². The fourth-order valence-electron chi connectivity index (χ4n) is 7.83. The maximum absolute atomic E-state index is 4.55. The van der Waals surface area contributed by atoms with Crippen LogP contribution in [0.25, 0.3) is 66.1 Å². The van der Waals surface area contributed by atoms with E-state index in [0.29, 0.717) is 0 Å². The Bertz CT molecular complexity index is 2760. The zero-order valence-electron chi connectivity index (χ0n) is 27.8. The molecule has 0 atom stereocenters. The highest BCUT2D eigenvalue weighted by atomic mass is 15.1. The second-order valence-electron chi connectivity index (χ2n) is 12.9. The number of aromatic nitrogens is 3. The van der Waals surface area contributed by atoms with E-state index in [1.807, 2.05) is 18.5 Å². The van der Waals surface area contributed by atoms with Gasteiger partial charge in [0.2, 0.25) is 0 Å². The average molecular weight is 653 g/mol. The highest BCUT2D eigenvalue weighted by Gasteiger charge is 2.21. The summed E-state index contributed by atoms with van der Waals surface area (Å²) in [5, 5.41) is 4.93. The number of para-hydroxylation sites is 5. The van der Waals surface area contributed by atoms with Gasteiger partial charge in [-0.05, 0) is 90.0 Å². The van der Waals surface area contributed by atoms with Gasteiger partial charge < -0.3 is 14.0 Å². The van der Waals surface area contributed by atoms with Crippen molar-refractivity contribution in [3.63, 3.8) is 0 Å². The van der Waals surface area contributed by atoms with Gasteiger partial charge in [-0.3, -0.25) is 4.98 Å². The molecule has 0 radical (unpaired) electrons. The summed E-state index contributed by atoms with van der Waals surface area (Å²) >= 11 is 0. The molecule has 0 saturated carbocycles. The third-order valence-electron chi connectivity index (χ3n) is 9.94. The van der Waals surface area contributed by atoms with Crippen molar-refractivity contribution in [1.82, 2.24) is 14.1 Å². The Hall–Kier alpha value is -6.91. The molecule has 0 aliphatic rings. The lowest BCUT2D eigenvalue weighted by Gasteiger charge is -2.26. The molecule has 10 rings (SSSR count). The van der Waals surface area contributed by atoms with Crippen LogP contribution in [0.1, 0.15) is 0 Å². The molecule has 0 bridgehead atoms. The van der Waals surface area contributed by atoms with Gasteiger partial charge in [0.1, 0.15) is 0 Å². The van der Waals surface area contributed by atoms with E-state index in [2.05, 4.69) is 195 Å². The third kappa shape index (κ3) is 4.72. The minimum Gasteiger partial charge on any atom is -0.309 e. The first-order chi connectivity index (χ1) is 25.3. The molecule has 0 aliphatic heterocycles. The lowest BCUT2D eigenvalue weighted by atomic mass is 9.97. The van der Waals surface area contributed by atoms with Crippen LogP contribution in [0.4, 0.5) is 17.1 Å². The molecule has 4 heteroatoms. The fourth-order valence-corrected chi connectivity index (χ4v) is 7.83. The summed E-state index contributed by atoms with van der Waals surface area (Å²) in [6.45, 7) is 0. The molecular weight excluding hydrogens is 621 g/mol. The number of hydrogen-bond acceptors (Lipinski definition) is 2. The van der Waals surface area contributed by atoms with E-state index in [0.717, 1.165) is 34.0 Å². The number of rotatable bonds is 6. The van der Waals surface area contributed by atoms with Gasteiger partial charge >= 0.3 is 0 Å². The summed E-state index contributed by atoms with van der Waals surface area (Å²) in [6, 6.07) is 65.3. The van der Waals surface area contributed by atoms with Crippen LogP contribution in [-0.2, 0) is 0 Å². The molecule has 7 aromatic carbocycles. The second kappa shape index (κ2) is 11.9. The summed E-state index contributed by atoms with van der Waals surface area (Å²) < 4.78 is 4.80. The van der Waals surface area contributed by atoms with Crippen LogP contribution >= 0.6 is 0 Å². The van der Waals surface area contributed by atoms with E-state index in [4.69, 9.17) is 0 Å². The van der Waals surface area contributed by atoms with Crippen LogP contribution in [0.15, 0.2) is 194 Å². The lowest BCUT2D eigenvalue weighted by molar-refractivity contribution is 1.16. The van der Waals surface area contributed by atoms with E-state index < -0.39 is 0 Å². The molecule has 0 unspecified atom stereocenters. The Morgan fingerprint density at radius 1 is 0.392 bits per heavy atom. The van der Waals surface area contributed by atoms with Gasteiger partial charge in [-0.25, -0.2) is 0 Å². The maximum Gasteiger partial charge on any atom is 0.0644 e. The van der Waals surface area contributed by atoms with Gasteiger partial charge in [0.05, 0.1) is 34.0 Å². The number of nitrogens with zero attached hydrogens (tertiary/aromatic N) is 4. The summed E-state index contributed by atoms with van der Waals surface area (Å²) in [4.78, 5) is 6.86. The van der Waals surface area contributed by atoms with Crippen molar-refractivity contribution in [2.75, 3.05) is 4.90 Å². The predicted molar refractivity (Wildman–Crippen MR) is 213 cm³/mol. The highest BCUT2D eigenvalue weighted by Crippen LogP contribution is 2.43. The van der Waals surface area contributed by atoms with Gasteiger partial charge in [0, 0.05) is 50.5 Å². The molecule has 0 saturated heterocycles. The molecule has 0 N–H and O–H groups in total. The quantitative estimate of drug-likeness (QED) is 0.179. The first kappa shape index (κ1) is 29.0. The van der Waals surface area contributed by atoms with E-state index in [9.17, 15) is 0 Å². The molecule has 3 aromatic heterocycles. The van der Waals surface area contributed by atoms with Crippen LogP contribution in [-0.4, -0.2) is 14.1 Å². The average Bonchev–Trinajstić information content (AvgIpc) is 3.72. The van der Waals surface area contributed by atoms with E-state index in [-0.39, 0.29) is 0 Å². The zero-order valence-corrected chi connectivity index (χ0v) is 27.8. The van der Waals surface area contributed by atoms with Crippen LogP contribution in [0.3, 0.4) is 0 Å². The Kier molecular flexibility index (Phi) is 6.78. The van der Waals surface area contributed by atoms with Crippen molar-refractivity contribution in [3.8, 4) is 22.5 Å². The summed E-state index contributed by atoms with van der Waals surface area (Å²) in [5.74, 6) is 0. The molecule has 51 heavy (non-hydrogen) atoms. The van der Waals surface area contributed by atoms with Crippen molar-refractivity contribution in [2.24, 2.45) is 0 Å². The first-order valence-electron chi connectivity index (χ1n) is 17.3. The van der Waals surface area contributed by atoms with Crippen LogP contribution in [0, 0.1) is 0 Å². The summed E-state index contributed by atoms with van der Waals surface area (Å²) in [5.41, 5.74) is 12.4. The van der Waals surface area contributed by atoms with Crippen LogP contribution < -0.4 is 4.90 Å².